The maximum Gasteiger partial charge on any atom is 0.304 e. The minimum Gasteiger partial charge on any atom is -0.396 e. The second-order valence-electron chi connectivity index (χ2n) is 5.65. The highest BCUT2D eigenvalue weighted by Crippen LogP contribution is 2.33. The van der Waals surface area contributed by atoms with Crippen LogP contribution in [0.2, 0.25) is 0 Å². The van der Waals surface area contributed by atoms with E-state index in [0.717, 1.165) is 18.4 Å². The Labute approximate surface area is 124 Å². The molecule has 0 saturated carbocycles. The van der Waals surface area contributed by atoms with Gasteiger partial charge in [0.2, 0.25) is 0 Å². The number of benzene rings is 1. The fourth-order valence-electron chi connectivity index (χ4n) is 3.09. The number of anilines is 1. The number of piperidine rings is 1. The maximum absolute atomic E-state index is 13.4. The summed E-state index contributed by atoms with van der Waals surface area (Å²) >= 11 is 0. The smallest absolute Gasteiger partial charge is 0.304 e. The molecule has 1 unspecified atom stereocenters. The van der Waals surface area contributed by atoms with E-state index in [4.69, 9.17) is 0 Å². The molecule has 116 valence electrons. The maximum atomic E-state index is 13.4. The van der Waals surface area contributed by atoms with Crippen molar-refractivity contribution >= 4 is 15.9 Å². The number of aliphatic hydroxyl groups is 1. The van der Waals surface area contributed by atoms with Gasteiger partial charge in [0.1, 0.15) is 5.82 Å². The van der Waals surface area contributed by atoms with E-state index >= 15 is 0 Å². The molecule has 3 rings (SSSR count). The molecule has 0 spiro atoms. The molecular weight excluding hydrogens is 295 g/mol. The molecule has 1 aromatic rings. The van der Waals surface area contributed by atoms with E-state index in [1.165, 1.54) is 20.7 Å². The summed E-state index contributed by atoms with van der Waals surface area (Å²) in [6, 6.07) is 4.29. The quantitative estimate of drug-likeness (QED) is 0.910. The molecule has 0 aromatic heterocycles. The summed E-state index contributed by atoms with van der Waals surface area (Å²) in [7, 11) is -3.65. The third-order valence-electron chi connectivity index (χ3n) is 4.24. The molecule has 2 heterocycles. The Bertz CT molecular complexity index is 635. The summed E-state index contributed by atoms with van der Waals surface area (Å²) in [5.74, 6) is -0.439. The Kier molecular flexibility index (Phi) is 3.90. The second-order valence-corrected chi connectivity index (χ2v) is 7.50. The van der Waals surface area contributed by atoms with E-state index < -0.39 is 16.0 Å². The number of rotatable bonds is 3. The monoisotopic (exact) mass is 314 g/mol. The molecule has 0 amide bonds. The number of nitrogens with zero attached hydrogens (tertiary/aromatic N) is 2. The average Bonchev–Trinajstić information content (AvgIpc) is 2.91. The van der Waals surface area contributed by atoms with Crippen molar-refractivity contribution in [3.05, 3.63) is 29.6 Å². The zero-order chi connectivity index (χ0) is 15.0. The minimum atomic E-state index is -3.65. The van der Waals surface area contributed by atoms with Crippen molar-refractivity contribution in [1.82, 2.24) is 4.31 Å². The predicted octanol–water partition coefficient (Wildman–Crippen LogP) is 1.14. The Balaban J connectivity index is 1.89. The van der Waals surface area contributed by atoms with E-state index in [9.17, 15) is 17.9 Å². The van der Waals surface area contributed by atoms with Crippen LogP contribution in [0.5, 0.6) is 0 Å². The van der Waals surface area contributed by atoms with Crippen molar-refractivity contribution in [2.45, 2.75) is 19.3 Å². The van der Waals surface area contributed by atoms with Crippen molar-refractivity contribution in [3.8, 4) is 0 Å². The predicted molar refractivity (Wildman–Crippen MR) is 77.8 cm³/mol. The molecule has 0 bridgehead atoms. The van der Waals surface area contributed by atoms with Crippen LogP contribution < -0.4 is 4.31 Å². The number of fused-ring (bicyclic) bond motifs is 1. The lowest BCUT2D eigenvalue weighted by Gasteiger charge is -2.34. The Morgan fingerprint density at radius 1 is 1.33 bits per heavy atom. The van der Waals surface area contributed by atoms with Gasteiger partial charge in [0.25, 0.3) is 0 Å². The van der Waals surface area contributed by atoms with E-state index in [1.807, 2.05) is 0 Å². The van der Waals surface area contributed by atoms with Crippen molar-refractivity contribution < 1.29 is 17.9 Å². The molecule has 1 fully saturated rings. The van der Waals surface area contributed by atoms with Gasteiger partial charge in [-0.3, -0.25) is 4.31 Å². The number of hydrogen-bond donors (Lipinski definition) is 1. The number of aliphatic hydroxyl groups excluding tert-OH is 1. The third-order valence-corrected chi connectivity index (χ3v) is 6.17. The van der Waals surface area contributed by atoms with Gasteiger partial charge < -0.3 is 5.11 Å². The fourth-order valence-corrected chi connectivity index (χ4v) is 4.87. The van der Waals surface area contributed by atoms with Crippen LogP contribution in [0.15, 0.2) is 18.2 Å². The zero-order valence-electron chi connectivity index (χ0n) is 11.7. The number of hydrogen-bond acceptors (Lipinski definition) is 3. The molecule has 0 aliphatic carbocycles. The topological polar surface area (TPSA) is 60.9 Å². The second kappa shape index (κ2) is 5.55. The first-order valence-corrected chi connectivity index (χ1v) is 8.59. The summed E-state index contributed by atoms with van der Waals surface area (Å²) in [5.41, 5.74) is 1.30. The standard InChI is InChI=1S/C14H19FN2O3S/c15-13-4-3-12-5-7-17(14(12)8-13)21(19,20)16-6-1-2-11(9-16)10-18/h3-4,8,11,18H,1-2,5-7,9-10H2. The lowest BCUT2D eigenvalue weighted by molar-refractivity contribution is 0.165. The van der Waals surface area contributed by atoms with Crippen LogP contribution in [0.4, 0.5) is 10.1 Å². The van der Waals surface area contributed by atoms with Crippen LogP contribution >= 0.6 is 0 Å². The first-order valence-electron chi connectivity index (χ1n) is 7.19. The van der Waals surface area contributed by atoms with Gasteiger partial charge in [-0.2, -0.15) is 12.7 Å². The van der Waals surface area contributed by atoms with Crippen LogP contribution in [0, 0.1) is 11.7 Å². The first-order chi connectivity index (χ1) is 10.0. The molecule has 2 aliphatic rings. The van der Waals surface area contributed by atoms with Crippen LogP contribution in [-0.2, 0) is 16.6 Å². The molecular formula is C14H19FN2O3S. The highest BCUT2D eigenvalue weighted by atomic mass is 32.2. The Morgan fingerprint density at radius 3 is 2.90 bits per heavy atom. The van der Waals surface area contributed by atoms with Crippen molar-refractivity contribution in [1.29, 1.82) is 0 Å². The van der Waals surface area contributed by atoms with Gasteiger partial charge in [-0.15, -0.1) is 0 Å². The van der Waals surface area contributed by atoms with E-state index in [2.05, 4.69) is 0 Å². The summed E-state index contributed by atoms with van der Waals surface area (Å²) in [6.07, 6.45) is 2.19. The van der Waals surface area contributed by atoms with Gasteiger partial charge in [0.05, 0.1) is 5.69 Å². The highest BCUT2D eigenvalue weighted by molar-refractivity contribution is 7.90. The van der Waals surface area contributed by atoms with Crippen LogP contribution in [0.1, 0.15) is 18.4 Å². The van der Waals surface area contributed by atoms with Gasteiger partial charge in [0, 0.05) is 26.2 Å². The highest BCUT2D eigenvalue weighted by Gasteiger charge is 2.36. The molecule has 1 N–H and O–H groups in total. The van der Waals surface area contributed by atoms with Crippen molar-refractivity contribution in [2.75, 3.05) is 30.5 Å². The van der Waals surface area contributed by atoms with Crippen LogP contribution in [-0.4, -0.2) is 44.1 Å². The Hall–Kier alpha value is -1.18. The van der Waals surface area contributed by atoms with E-state index in [0.29, 0.717) is 31.7 Å². The van der Waals surface area contributed by atoms with Crippen molar-refractivity contribution in [3.63, 3.8) is 0 Å². The lowest BCUT2D eigenvalue weighted by Crippen LogP contribution is -2.48. The molecule has 21 heavy (non-hydrogen) atoms. The minimum absolute atomic E-state index is 0.00274. The summed E-state index contributed by atoms with van der Waals surface area (Å²) in [5, 5.41) is 9.25. The molecule has 1 aromatic carbocycles. The van der Waals surface area contributed by atoms with Gasteiger partial charge >= 0.3 is 10.2 Å². The van der Waals surface area contributed by atoms with E-state index in [1.54, 1.807) is 6.07 Å². The lowest BCUT2D eigenvalue weighted by atomic mass is 10.0. The molecule has 2 aliphatic heterocycles. The zero-order valence-corrected chi connectivity index (χ0v) is 12.5. The largest absolute Gasteiger partial charge is 0.396 e. The first kappa shape index (κ1) is 14.7. The van der Waals surface area contributed by atoms with Gasteiger partial charge in [-0.05, 0) is 42.9 Å². The molecule has 1 atom stereocenters. The SMILES string of the molecule is O=S(=O)(N1CCCC(CO)C1)N1CCc2ccc(F)cc21. The normalized spacial score (nSPS) is 23.3. The summed E-state index contributed by atoms with van der Waals surface area (Å²) in [4.78, 5) is 0. The molecule has 5 nitrogen and oxygen atoms in total. The third kappa shape index (κ3) is 2.65. The van der Waals surface area contributed by atoms with Gasteiger partial charge in [-0.1, -0.05) is 6.07 Å². The van der Waals surface area contributed by atoms with Gasteiger partial charge in [-0.25, -0.2) is 4.39 Å². The van der Waals surface area contributed by atoms with Crippen LogP contribution in [0.25, 0.3) is 0 Å². The summed E-state index contributed by atoms with van der Waals surface area (Å²) < 4.78 is 41.7. The fraction of sp³-hybridized carbons (Fsp3) is 0.571. The molecule has 0 radical (unpaired) electrons. The molecule has 1 saturated heterocycles. The van der Waals surface area contributed by atoms with Crippen molar-refractivity contribution in [2.24, 2.45) is 5.92 Å². The number of halogens is 1. The summed E-state index contributed by atoms with van der Waals surface area (Å²) in [6.45, 7) is 1.14. The molecule has 7 heteroatoms. The van der Waals surface area contributed by atoms with Crippen LogP contribution in [0.3, 0.4) is 0 Å². The van der Waals surface area contributed by atoms with Gasteiger partial charge in [0.15, 0.2) is 0 Å². The van der Waals surface area contributed by atoms with E-state index in [-0.39, 0.29) is 12.5 Å². The Morgan fingerprint density at radius 2 is 2.14 bits per heavy atom. The average molecular weight is 314 g/mol.